The first-order valence-electron chi connectivity index (χ1n) is 23.3. The number of aromatic nitrogens is 4. The third kappa shape index (κ3) is 8.87. The van der Waals surface area contributed by atoms with Gasteiger partial charge in [-0.25, -0.2) is 24.4 Å². The molecule has 21 heteroatoms. The molecule has 4 aromatic heterocycles. The van der Waals surface area contributed by atoms with Crippen LogP contribution >= 0.6 is 22.7 Å². The van der Waals surface area contributed by atoms with Crippen LogP contribution in [-0.2, 0) is 32.2 Å². The van der Waals surface area contributed by atoms with Crippen molar-refractivity contribution in [3.63, 3.8) is 0 Å². The molecular weight excluding hydrogens is 937 g/mol. The van der Waals surface area contributed by atoms with E-state index in [0.717, 1.165) is 65.6 Å². The second-order valence-corrected chi connectivity index (χ2v) is 20.8. The summed E-state index contributed by atoms with van der Waals surface area (Å²) >= 11 is 3.33. The zero-order valence-electron chi connectivity index (χ0n) is 39.6. The molecular formula is C49H54N10O9S2. The molecule has 6 amide bonds. The van der Waals surface area contributed by atoms with Gasteiger partial charge < -0.3 is 59.1 Å². The lowest BCUT2D eigenvalue weighted by Crippen LogP contribution is -2.52. The van der Waals surface area contributed by atoms with Gasteiger partial charge in [-0.15, -0.1) is 22.7 Å². The Kier molecular flexibility index (Phi) is 12.6. The van der Waals surface area contributed by atoms with Crippen LogP contribution in [0.15, 0.2) is 60.9 Å². The minimum Gasteiger partial charge on any atom is -0.454 e. The maximum atomic E-state index is 14.4. The molecule has 4 aliphatic heterocycles. The van der Waals surface area contributed by atoms with Crippen LogP contribution in [-0.4, -0.2) is 122 Å². The van der Waals surface area contributed by atoms with Crippen molar-refractivity contribution in [2.75, 3.05) is 40.8 Å². The zero-order valence-corrected chi connectivity index (χ0v) is 41.2. The van der Waals surface area contributed by atoms with Crippen LogP contribution in [0.5, 0.6) is 11.5 Å². The summed E-state index contributed by atoms with van der Waals surface area (Å²) in [4.78, 5) is 91.9. The van der Waals surface area contributed by atoms with Crippen molar-refractivity contribution < 1.29 is 42.9 Å². The SMILES string of the molecule is COC(=O)N[C@H](C(=O)N1CN(C(=O)N2Cc3cc4c(cc3C2)OCO4)CC1c1ncc(-c2cc3sc(-c4ccc(-c5cnc([C@@H]6CCCN6C(=O)[C@@H](NC(=O)OC)C(C)C)[nH]5)cc4)cc3s2)[nH]1)C(C)C. The first kappa shape index (κ1) is 46.6. The van der Waals surface area contributed by atoms with E-state index in [4.69, 9.17) is 28.9 Å². The fourth-order valence-corrected chi connectivity index (χ4v) is 12.0. The summed E-state index contributed by atoms with van der Waals surface area (Å²) in [6.45, 7) is 9.21. The molecule has 366 valence electrons. The highest BCUT2D eigenvalue weighted by atomic mass is 32.1. The molecule has 10 rings (SSSR count). The second-order valence-electron chi connectivity index (χ2n) is 18.6. The van der Waals surface area contributed by atoms with Gasteiger partial charge in [-0.1, -0.05) is 52.0 Å². The van der Waals surface area contributed by atoms with Gasteiger partial charge in [0.2, 0.25) is 18.6 Å². The van der Waals surface area contributed by atoms with Crippen LogP contribution in [0.1, 0.15) is 75.4 Å². The number of H-pyrrole nitrogens is 2. The van der Waals surface area contributed by atoms with Crippen molar-refractivity contribution >= 4 is 62.1 Å². The molecule has 2 aromatic carbocycles. The zero-order chi connectivity index (χ0) is 49.0. The number of fused-ring (bicyclic) bond motifs is 3. The van der Waals surface area contributed by atoms with Gasteiger partial charge in [0.05, 0.1) is 62.1 Å². The van der Waals surface area contributed by atoms with E-state index < -0.39 is 30.3 Å². The van der Waals surface area contributed by atoms with E-state index in [1.54, 1.807) is 54.7 Å². The van der Waals surface area contributed by atoms with Gasteiger partial charge in [-0.2, -0.15) is 0 Å². The summed E-state index contributed by atoms with van der Waals surface area (Å²) < 4.78 is 23.0. The van der Waals surface area contributed by atoms with E-state index in [-0.39, 0.29) is 55.7 Å². The number of nitrogens with zero attached hydrogens (tertiary/aromatic N) is 6. The van der Waals surface area contributed by atoms with E-state index in [2.05, 4.69) is 57.0 Å². The van der Waals surface area contributed by atoms with Crippen LogP contribution in [0.2, 0.25) is 0 Å². The summed E-state index contributed by atoms with van der Waals surface area (Å²) in [5.74, 6) is 1.67. The van der Waals surface area contributed by atoms with Gasteiger partial charge in [0.25, 0.3) is 0 Å². The maximum absolute atomic E-state index is 14.4. The Hall–Kier alpha value is -7.13. The smallest absolute Gasteiger partial charge is 0.407 e. The number of methoxy groups -OCH3 is 2. The molecule has 4 aliphatic rings. The highest BCUT2D eigenvalue weighted by Crippen LogP contribution is 2.43. The van der Waals surface area contributed by atoms with Gasteiger partial charge in [0.15, 0.2) is 11.5 Å². The van der Waals surface area contributed by atoms with E-state index in [0.29, 0.717) is 42.8 Å². The van der Waals surface area contributed by atoms with Crippen LogP contribution in [0.3, 0.4) is 0 Å². The van der Waals surface area contributed by atoms with Gasteiger partial charge >= 0.3 is 18.2 Å². The predicted octanol–water partition coefficient (Wildman–Crippen LogP) is 7.84. The number of urea groups is 1. The van der Waals surface area contributed by atoms with Crippen LogP contribution < -0.4 is 20.1 Å². The topological polar surface area (TPSA) is 217 Å². The Morgan fingerprint density at radius 3 is 1.86 bits per heavy atom. The Morgan fingerprint density at radius 1 is 0.700 bits per heavy atom. The summed E-state index contributed by atoms with van der Waals surface area (Å²) in [5.41, 5.74) is 5.64. The first-order valence-corrected chi connectivity index (χ1v) is 24.9. The van der Waals surface area contributed by atoms with Crippen molar-refractivity contribution in [1.82, 2.24) is 50.2 Å². The number of carbonyl (C=O) groups excluding carboxylic acids is 5. The van der Waals surface area contributed by atoms with Crippen molar-refractivity contribution in [1.29, 1.82) is 0 Å². The van der Waals surface area contributed by atoms with E-state index in [9.17, 15) is 24.0 Å². The number of alkyl carbamates (subject to hydrolysis) is 2. The highest BCUT2D eigenvalue weighted by molar-refractivity contribution is 7.31. The molecule has 70 heavy (non-hydrogen) atoms. The molecule has 1 unspecified atom stereocenters. The lowest BCUT2D eigenvalue weighted by molar-refractivity contribution is -0.136. The van der Waals surface area contributed by atoms with Gasteiger partial charge in [0.1, 0.15) is 29.8 Å². The molecule has 4 N–H and O–H groups in total. The van der Waals surface area contributed by atoms with Crippen LogP contribution in [0.4, 0.5) is 14.4 Å². The Morgan fingerprint density at radius 2 is 1.24 bits per heavy atom. The third-order valence-corrected chi connectivity index (χ3v) is 15.8. The molecule has 0 spiro atoms. The maximum Gasteiger partial charge on any atom is 0.407 e. The first-order chi connectivity index (χ1) is 33.8. The van der Waals surface area contributed by atoms with Gasteiger partial charge in [0, 0.05) is 33.9 Å². The number of likely N-dealkylation sites (tertiary alicyclic amines) is 1. The largest absolute Gasteiger partial charge is 0.454 e. The monoisotopic (exact) mass is 990 g/mol. The average Bonchev–Trinajstić information content (AvgIpc) is 4.20. The van der Waals surface area contributed by atoms with Crippen LogP contribution in [0, 0.1) is 11.8 Å². The Bertz CT molecular complexity index is 2910. The molecule has 4 atom stereocenters. The normalized spacial score (nSPS) is 18.2. The van der Waals surface area contributed by atoms with Crippen molar-refractivity contribution in [3.05, 3.63) is 83.7 Å². The fraction of sp³-hybridized carbons (Fsp3) is 0.408. The minimum atomic E-state index is -0.903. The van der Waals surface area contributed by atoms with Gasteiger partial charge in [-0.3, -0.25) is 9.59 Å². The number of ether oxygens (including phenoxy) is 4. The Balaban J connectivity index is 0.834. The van der Waals surface area contributed by atoms with E-state index >= 15 is 0 Å². The predicted molar refractivity (Wildman–Crippen MR) is 261 cm³/mol. The molecule has 0 saturated carbocycles. The standard InChI is InChI=1S/C49H54N10O9S2/c1-25(2)41(54-47(62)65-5)45(60)58-13-7-8-33(58)43-50-18-31(52-43)27-9-11-28(12-10-27)37-16-39-40(69-37)17-38(70-39)32-19-51-44(53-32)34-22-57(23-59(34)46(61)42(26(3)4)55-48(63)66-6)49(64)56-20-29-14-35-36(68-24-67-35)15-30(29)21-56/h9-12,14-19,25-26,33-34,41-42H,7-8,13,20-24H2,1-6H3,(H,50,52)(H,51,53)(H,54,62)(H,55,63)/t33-,34?,41-,42-/m0/s1. The van der Waals surface area contributed by atoms with Crippen molar-refractivity contribution in [2.45, 2.75) is 77.8 Å². The fourth-order valence-electron chi connectivity index (χ4n) is 9.65. The summed E-state index contributed by atoms with van der Waals surface area (Å²) in [7, 11) is 2.54. The average molecular weight is 991 g/mol. The molecule has 8 heterocycles. The number of rotatable bonds is 11. The number of aromatic amines is 2. The van der Waals surface area contributed by atoms with Crippen molar-refractivity contribution in [3.8, 4) is 43.8 Å². The number of benzene rings is 2. The van der Waals surface area contributed by atoms with Crippen LogP contribution in [0.25, 0.3) is 41.7 Å². The molecule has 2 saturated heterocycles. The lowest BCUT2D eigenvalue weighted by atomic mass is 10.0. The van der Waals surface area contributed by atoms with Gasteiger partial charge in [-0.05, 0) is 71.2 Å². The molecule has 0 aliphatic carbocycles. The quantitative estimate of drug-likeness (QED) is 0.0981. The number of carbonyl (C=O) groups is 5. The number of nitrogens with one attached hydrogen (secondary N) is 4. The number of hydrogen-bond acceptors (Lipinski definition) is 13. The molecule has 19 nitrogen and oxygen atoms in total. The summed E-state index contributed by atoms with van der Waals surface area (Å²) in [5, 5.41) is 5.40. The highest BCUT2D eigenvalue weighted by Gasteiger charge is 2.44. The Labute approximate surface area is 411 Å². The molecule has 0 bridgehead atoms. The number of thiophene rings is 2. The number of amides is 6. The van der Waals surface area contributed by atoms with E-state index in [1.165, 1.54) is 14.2 Å². The molecule has 2 fully saturated rings. The molecule has 0 radical (unpaired) electrons. The third-order valence-electron chi connectivity index (χ3n) is 13.4. The lowest BCUT2D eigenvalue weighted by Gasteiger charge is -2.30. The van der Waals surface area contributed by atoms with Crippen molar-refractivity contribution in [2.24, 2.45) is 11.8 Å². The molecule has 6 aromatic rings. The minimum absolute atomic E-state index is 0.000663. The van der Waals surface area contributed by atoms with E-state index in [1.807, 2.05) is 39.8 Å². The summed E-state index contributed by atoms with van der Waals surface area (Å²) in [6.07, 6.45) is 3.81. The second kappa shape index (κ2) is 19.0. The summed E-state index contributed by atoms with van der Waals surface area (Å²) in [6, 6.07) is 13.8. The number of imidazole rings is 2. The number of hydrogen-bond donors (Lipinski definition) is 4.